The standard InChI is InChI=1S/C13H18FNO/c1-4-9-15(3)10(2)13(16)11-5-7-12(14)8-6-11/h5-8,10H,4,9H2,1-3H3. The number of hydrogen-bond acceptors (Lipinski definition) is 2. The molecule has 1 rings (SSSR count). The summed E-state index contributed by atoms with van der Waals surface area (Å²) >= 11 is 0. The molecule has 0 N–H and O–H groups in total. The van der Waals surface area contributed by atoms with E-state index in [4.69, 9.17) is 0 Å². The van der Waals surface area contributed by atoms with Crippen LogP contribution in [0.25, 0.3) is 0 Å². The highest BCUT2D eigenvalue weighted by Gasteiger charge is 2.18. The summed E-state index contributed by atoms with van der Waals surface area (Å²) in [6, 6.07) is 5.55. The zero-order valence-electron chi connectivity index (χ0n) is 10.0. The lowest BCUT2D eigenvalue weighted by atomic mass is 10.0. The van der Waals surface area contributed by atoms with Crippen LogP contribution in [0, 0.1) is 5.82 Å². The largest absolute Gasteiger partial charge is 0.297 e. The first-order valence-corrected chi connectivity index (χ1v) is 5.56. The maximum atomic E-state index is 12.7. The third kappa shape index (κ3) is 3.14. The summed E-state index contributed by atoms with van der Waals surface area (Å²) in [6.45, 7) is 4.83. The maximum Gasteiger partial charge on any atom is 0.179 e. The topological polar surface area (TPSA) is 20.3 Å². The van der Waals surface area contributed by atoms with Crippen LogP contribution in [-0.2, 0) is 0 Å². The molecule has 0 amide bonds. The summed E-state index contributed by atoms with van der Waals surface area (Å²) in [4.78, 5) is 14.0. The first-order chi connectivity index (χ1) is 7.56. The van der Waals surface area contributed by atoms with Crippen molar-refractivity contribution >= 4 is 5.78 Å². The summed E-state index contributed by atoms with van der Waals surface area (Å²) in [7, 11) is 1.93. The Hall–Kier alpha value is -1.22. The van der Waals surface area contributed by atoms with Gasteiger partial charge in [-0.05, 0) is 51.2 Å². The lowest BCUT2D eigenvalue weighted by Gasteiger charge is -2.22. The number of carbonyl (C=O) groups is 1. The van der Waals surface area contributed by atoms with Gasteiger partial charge in [0, 0.05) is 5.56 Å². The van der Waals surface area contributed by atoms with E-state index in [1.54, 1.807) is 0 Å². The molecule has 16 heavy (non-hydrogen) atoms. The number of rotatable bonds is 5. The van der Waals surface area contributed by atoms with E-state index >= 15 is 0 Å². The molecule has 0 radical (unpaired) electrons. The molecule has 0 fully saturated rings. The molecule has 0 bridgehead atoms. The lowest BCUT2D eigenvalue weighted by Crippen LogP contribution is -2.36. The average molecular weight is 223 g/mol. The Morgan fingerprint density at radius 3 is 2.44 bits per heavy atom. The molecular weight excluding hydrogens is 205 g/mol. The Morgan fingerprint density at radius 1 is 1.38 bits per heavy atom. The Morgan fingerprint density at radius 2 is 1.94 bits per heavy atom. The molecule has 1 atom stereocenters. The van der Waals surface area contributed by atoms with Gasteiger partial charge in [0.25, 0.3) is 0 Å². The van der Waals surface area contributed by atoms with Crippen LogP contribution in [0.4, 0.5) is 4.39 Å². The van der Waals surface area contributed by atoms with Crippen LogP contribution < -0.4 is 0 Å². The van der Waals surface area contributed by atoms with Crippen molar-refractivity contribution in [2.24, 2.45) is 0 Å². The molecule has 0 aromatic heterocycles. The second kappa shape index (κ2) is 5.75. The number of likely N-dealkylation sites (N-methyl/N-ethyl adjacent to an activating group) is 1. The van der Waals surface area contributed by atoms with Gasteiger partial charge >= 0.3 is 0 Å². The zero-order valence-corrected chi connectivity index (χ0v) is 10.0. The normalized spacial score (nSPS) is 12.8. The first kappa shape index (κ1) is 12.8. The van der Waals surface area contributed by atoms with Crippen molar-refractivity contribution in [3.8, 4) is 0 Å². The Labute approximate surface area is 96.1 Å². The van der Waals surface area contributed by atoms with Crippen molar-refractivity contribution in [1.82, 2.24) is 4.90 Å². The second-order valence-electron chi connectivity index (χ2n) is 4.03. The fourth-order valence-corrected chi connectivity index (χ4v) is 1.60. The minimum Gasteiger partial charge on any atom is -0.297 e. The van der Waals surface area contributed by atoms with Crippen molar-refractivity contribution < 1.29 is 9.18 Å². The zero-order chi connectivity index (χ0) is 12.1. The third-order valence-corrected chi connectivity index (χ3v) is 2.75. The van der Waals surface area contributed by atoms with Crippen LogP contribution in [0.3, 0.4) is 0 Å². The van der Waals surface area contributed by atoms with E-state index in [2.05, 4.69) is 6.92 Å². The van der Waals surface area contributed by atoms with Crippen molar-refractivity contribution in [1.29, 1.82) is 0 Å². The second-order valence-corrected chi connectivity index (χ2v) is 4.03. The van der Waals surface area contributed by atoms with Crippen molar-refractivity contribution in [2.75, 3.05) is 13.6 Å². The molecule has 2 nitrogen and oxygen atoms in total. The number of nitrogens with zero attached hydrogens (tertiary/aromatic N) is 1. The summed E-state index contributed by atoms with van der Waals surface area (Å²) < 4.78 is 12.7. The molecule has 3 heteroatoms. The Balaban J connectivity index is 2.73. The van der Waals surface area contributed by atoms with E-state index < -0.39 is 0 Å². The van der Waals surface area contributed by atoms with E-state index in [0.29, 0.717) is 5.56 Å². The Bertz CT molecular complexity index is 347. The molecule has 1 aromatic carbocycles. The number of Topliss-reactive ketones (excluding diaryl/α,β-unsaturated/α-hetero) is 1. The van der Waals surface area contributed by atoms with Gasteiger partial charge in [-0.1, -0.05) is 6.92 Å². The van der Waals surface area contributed by atoms with E-state index in [1.165, 1.54) is 24.3 Å². The van der Waals surface area contributed by atoms with Crippen LogP contribution >= 0.6 is 0 Å². The van der Waals surface area contributed by atoms with Gasteiger partial charge in [-0.25, -0.2) is 4.39 Å². The van der Waals surface area contributed by atoms with Gasteiger partial charge in [0.15, 0.2) is 5.78 Å². The van der Waals surface area contributed by atoms with Gasteiger partial charge in [0.05, 0.1) is 6.04 Å². The van der Waals surface area contributed by atoms with Crippen molar-refractivity contribution in [3.05, 3.63) is 35.6 Å². The van der Waals surface area contributed by atoms with Gasteiger partial charge in [0.2, 0.25) is 0 Å². The highest BCUT2D eigenvalue weighted by Crippen LogP contribution is 2.09. The predicted molar refractivity (Wildman–Crippen MR) is 63.1 cm³/mol. The highest BCUT2D eigenvalue weighted by molar-refractivity contribution is 5.99. The molecule has 0 saturated carbocycles. The number of carbonyl (C=O) groups excluding carboxylic acids is 1. The number of benzene rings is 1. The summed E-state index contributed by atoms with van der Waals surface area (Å²) in [5, 5.41) is 0. The first-order valence-electron chi connectivity index (χ1n) is 5.56. The van der Waals surface area contributed by atoms with Crippen LogP contribution in [0.15, 0.2) is 24.3 Å². The van der Waals surface area contributed by atoms with Crippen LogP contribution in [0.5, 0.6) is 0 Å². The van der Waals surface area contributed by atoms with Crippen LogP contribution in [0.2, 0.25) is 0 Å². The molecular formula is C13H18FNO. The van der Waals surface area contributed by atoms with E-state index in [1.807, 2.05) is 18.9 Å². The SMILES string of the molecule is CCCN(C)C(C)C(=O)c1ccc(F)cc1. The lowest BCUT2D eigenvalue weighted by molar-refractivity contribution is 0.0869. The third-order valence-electron chi connectivity index (χ3n) is 2.75. The van der Waals surface area contributed by atoms with Gasteiger partial charge in [-0.2, -0.15) is 0 Å². The molecule has 0 aliphatic heterocycles. The van der Waals surface area contributed by atoms with Crippen LogP contribution in [0.1, 0.15) is 30.6 Å². The highest BCUT2D eigenvalue weighted by atomic mass is 19.1. The minimum atomic E-state index is -0.314. The number of ketones is 1. The summed E-state index contributed by atoms with van der Waals surface area (Å²) in [5.74, 6) is -0.276. The maximum absolute atomic E-state index is 12.7. The van der Waals surface area contributed by atoms with E-state index in [9.17, 15) is 9.18 Å². The quantitative estimate of drug-likeness (QED) is 0.715. The van der Waals surface area contributed by atoms with E-state index in [-0.39, 0.29) is 17.6 Å². The predicted octanol–water partition coefficient (Wildman–Crippen LogP) is 2.74. The molecule has 0 heterocycles. The smallest absolute Gasteiger partial charge is 0.179 e. The molecule has 88 valence electrons. The van der Waals surface area contributed by atoms with E-state index in [0.717, 1.165) is 13.0 Å². The summed E-state index contributed by atoms with van der Waals surface area (Å²) in [6.07, 6.45) is 1.01. The molecule has 0 saturated heterocycles. The molecule has 0 aliphatic carbocycles. The van der Waals surface area contributed by atoms with Crippen molar-refractivity contribution in [2.45, 2.75) is 26.3 Å². The number of halogens is 1. The van der Waals surface area contributed by atoms with Gasteiger partial charge in [-0.15, -0.1) is 0 Å². The molecule has 1 unspecified atom stereocenters. The average Bonchev–Trinajstić information content (AvgIpc) is 2.28. The fraction of sp³-hybridized carbons (Fsp3) is 0.462. The molecule has 0 spiro atoms. The van der Waals surface area contributed by atoms with Gasteiger partial charge < -0.3 is 0 Å². The fourth-order valence-electron chi connectivity index (χ4n) is 1.60. The monoisotopic (exact) mass is 223 g/mol. The minimum absolute atomic E-state index is 0.0379. The Kier molecular flexibility index (Phi) is 4.62. The summed E-state index contributed by atoms with van der Waals surface area (Å²) in [5.41, 5.74) is 0.567. The van der Waals surface area contributed by atoms with Crippen LogP contribution in [-0.4, -0.2) is 30.3 Å². The van der Waals surface area contributed by atoms with Gasteiger partial charge in [-0.3, -0.25) is 9.69 Å². The van der Waals surface area contributed by atoms with Crippen molar-refractivity contribution in [3.63, 3.8) is 0 Å². The number of hydrogen-bond donors (Lipinski definition) is 0. The molecule has 0 aliphatic rings. The van der Waals surface area contributed by atoms with Gasteiger partial charge in [0.1, 0.15) is 5.82 Å². The molecule has 1 aromatic rings.